The molecule has 1 fully saturated rings. The van der Waals surface area contributed by atoms with Crippen LogP contribution < -0.4 is 0 Å². The monoisotopic (exact) mass is 243 g/mol. The zero-order valence-electron chi connectivity index (χ0n) is 8.69. The second-order valence-corrected chi connectivity index (χ2v) is 4.44. The predicted octanol–water partition coefficient (Wildman–Crippen LogP) is 3.42. The molecule has 90 valence electrons. The molecule has 0 bridgehead atoms. The molecule has 0 spiro atoms. The van der Waals surface area contributed by atoms with Crippen LogP contribution in [-0.4, -0.2) is 36.1 Å². The number of alkyl halides is 4. The Labute approximate surface area is 93.6 Å². The van der Waals surface area contributed by atoms with Crippen LogP contribution in [0.4, 0.5) is 13.2 Å². The maximum atomic E-state index is 12.3. The molecular weight excluding hydrogens is 227 g/mol. The lowest BCUT2D eigenvalue weighted by Crippen LogP contribution is -2.43. The average Bonchev–Trinajstić information content (AvgIpc) is 2.17. The molecule has 0 aromatic carbocycles. The number of nitrogens with zero attached hydrogens (tertiary/aromatic N) is 1. The van der Waals surface area contributed by atoms with Crippen molar-refractivity contribution in [3.05, 3.63) is 0 Å². The Morgan fingerprint density at radius 2 is 1.73 bits per heavy atom. The first kappa shape index (κ1) is 13.1. The van der Waals surface area contributed by atoms with Gasteiger partial charge < -0.3 is 0 Å². The molecule has 1 rings (SSSR count). The van der Waals surface area contributed by atoms with Crippen LogP contribution in [0, 0.1) is 0 Å². The molecule has 0 atom stereocenters. The van der Waals surface area contributed by atoms with Gasteiger partial charge in [-0.05, 0) is 12.8 Å². The summed E-state index contributed by atoms with van der Waals surface area (Å²) in [5, 5.41) is 0. The molecule has 0 aromatic heterocycles. The van der Waals surface area contributed by atoms with E-state index in [4.69, 9.17) is 11.6 Å². The standard InChI is InChI=1S/C10H17ClF3N/c11-6-7-15(8-10(12,13)14)9-4-2-1-3-5-9/h9H,1-8H2. The van der Waals surface area contributed by atoms with Gasteiger partial charge >= 0.3 is 6.18 Å². The van der Waals surface area contributed by atoms with Crippen molar-refractivity contribution >= 4 is 11.6 Å². The van der Waals surface area contributed by atoms with Crippen molar-refractivity contribution in [2.24, 2.45) is 0 Å². The van der Waals surface area contributed by atoms with E-state index in [1.165, 1.54) is 4.90 Å². The van der Waals surface area contributed by atoms with Gasteiger partial charge in [-0.25, -0.2) is 0 Å². The van der Waals surface area contributed by atoms with Gasteiger partial charge in [0.2, 0.25) is 0 Å². The van der Waals surface area contributed by atoms with Crippen molar-refractivity contribution in [1.29, 1.82) is 0 Å². The average molecular weight is 244 g/mol. The Morgan fingerprint density at radius 1 is 1.13 bits per heavy atom. The number of rotatable bonds is 4. The molecule has 1 nitrogen and oxygen atoms in total. The van der Waals surface area contributed by atoms with Gasteiger partial charge in [0.05, 0.1) is 6.54 Å². The van der Waals surface area contributed by atoms with E-state index in [1.54, 1.807) is 0 Å². The van der Waals surface area contributed by atoms with E-state index in [1.807, 2.05) is 0 Å². The summed E-state index contributed by atoms with van der Waals surface area (Å²) in [6, 6.07) is 0.0825. The minimum Gasteiger partial charge on any atom is -0.291 e. The van der Waals surface area contributed by atoms with E-state index < -0.39 is 12.7 Å². The molecule has 5 heteroatoms. The summed E-state index contributed by atoms with van der Waals surface area (Å²) < 4.78 is 36.9. The maximum absolute atomic E-state index is 12.3. The Balaban J connectivity index is 2.47. The second-order valence-electron chi connectivity index (χ2n) is 4.07. The molecule has 0 saturated heterocycles. The normalized spacial score (nSPS) is 19.8. The van der Waals surface area contributed by atoms with Crippen molar-refractivity contribution in [1.82, 2.24) is 4.90 Å². The fraction of sp³-hybridized carbons (Fsp3) is 1.00. The summed E-state index contributed by atoms with van der Waals surface area (Å²) in [4.78, 5) is 1.49. The van der Waals surface area contributed by atoms with Crippen molar-refractivity contribution in [3.63, 3.8) is 0 Å². The number of halogens is 4. The molecule has 1 aliphatic carbocycles. The van der Waals surface area contributed by atoms with Crippen LogP contribution in [0.1, 0.15) is 32.1 Å². The maximum Gasteiger partial charge on any atom is 0.401 e. The first-order valence-corrected chi connectivity index (χ1v) is 5.93. The third-order valence-electron chi connectivity index (χ3n) is 2.85. The van der Waals surface area contributed by atoms with Crippen LogP contribution >= 0.6 is 11.6 Å². The van der Waals surface area contributed by atoms with Gasteiger partial charge in [0.15, 0.2) is 0 Å². The van der Waals surface area contributed by atoms with Crippen molar-refractivity contribution in [3.8, 4) is 0 Å². The van der Waals surface area contributed by atoms with Crippen LogP contribution in [0.5, 0.6) is 0 Å². The number of hydrogen-bond acceptors (Lipinski definition) is 1. The lowest BCUT2D eigenvalue weighted by atomic mass is 9.94. The van der Waals surface area contributed by atoms with Gasteiger partial charge in [-0.1, -0.05) is 19.3 Å². The summed E-state index contributed by atoms with van der Waals surface area (Å²) >= 11 is 5.54. The van der Waals surface area contributed by atoms with Gasteiger partial charge in [0.1, 0.15) is 0 Å². The highest BCUT2D eigenvalue weighted by molar-refractivity contribution is 6.18. The van der Waals surface area contributed by atoms with Crippen molar-refractivity contribution in [2.75, 3.05) is 19.0 Å². The lowest BCUT2D eigenvalue weighted by molar-refractivity contribution is -0.151. The largest absolute Gasteiger partial charge is 0.401 e. The summed E-state index contributed by atoms with van der Waals surface area (Å²) in [6.07, 6.45) is 0.892. The molecule has 1 aliphatic rings. The van der Waals surface area contributed by atoms with Gasteiger partial charge in [-0.15, -0.1) is 11.6 Å². The van der Waals surface area contributed by atoms with E-state index in [2.05, 4.69) is 0 Å². The lowest BCUT2D eigenvalue weighted by Gasteiger charge is -2.34. The van der Waals surface area contributed by atoms with Crippen molar-refractivity contribution in [2.45, 2.75) is 44.3 Å². The quantitative estimate of drug-likeness (QED) is 0.684. The molecule has 1 saturated carbocycles. The summed E-state index contributed by atoms with van der Waals surface area (Å²) in [7, 11) is 0. The zero-order valence-corrected chi connectivity index (χ0v) is 9.45. The Kier molecular flexibility index (Phi) is 5.19. The van der Waals surface area contributed by atoms with Crippen molar-refractivity contribution < 1.29 is 13.2 Å². The summed E-state index contributed by atoms with van der Waals surface area (Å²) in [6.45, 7) is -0.476. The second kappa shape index (κ2) is 5.94. The molecule has 0 radical (unpaired) electrons. The van der Waals surface area contributed by atoms with Crippen LogP contribution in [0.2, 0.25) is 0 Å². The van der Waals surface area contributed by atoms with Crippen LogP contribution in [-0.2, 0) is 0 Å². The molecule has 15 heavy (non-hydrogen) atoms. The Hall–Kier alpha value is 0.0400. The van der Waals surface area contributed by atoms with Crippen LogP contribution in [0.15, 0.2) is 0 Å². The van der Waals surface area contributed by atoms with Gasteiger partial charge in [-0.3, -0.25) is 4.90 Å². The minimum absolute atomic E-state index is 0.0825. The predicted molar refractivity (Wildman–Crippen MR) is 55.2 cm³/mol. The first-order chi connectivity index (χ1) is 7.03. The molecule has 0 aromatic rings. The smallest absolute Gasteiger partial charge is 0.291 e. The van der Waals surface area contributed by atoms with E-state index >= 15 is 0 Å². The molecule has 0 heterocycles. The Morgan fingerprint density at radius 3 is 2.20 bits per heavy atom. The topological polar surface area (TPSA) is 3.24 Å². The fourth-order valence-electron chi connectivity index (χ4n) is 2.18. The van der Waals surface area contributed by atoms with E-state index in [0.717, 1.165) is 32.1 Å². The zero-order chi connectivity index (χ0) is 11.3. The third kappa shape index (κ3) is 5.07. The highest BCUT2D eigenvalue weighted by Crippen LogP contribution is 2.26. The van der Waals surface area contributed by atoms with E-state index in [9.17, 15) is 13.2 Å². The van der Waals surface area contributed by atoms with Gasteiger partial charge in [0.25, 0.3) is 0 Å². The summed E-state index contributed by atoms with van der Waals surface area (Å²) in [5.74, 6) is 0.270. The van der Waals surface area contributed by atoms with Gasteiger partial charge in [-0.2, -0.15) is 13.2 Å². The highest BCUT2D eigenvalue weighted by atomic mass is 35.5. The molecule has 0 amide bonds. The van der Waals surface area contributed by atoms with Gasteiger partial charge in [0, 0.05) is 18.5 Å². The Bertz CT molecular complexity index is 178. The SMILES string of the molecule is FC(F)(F)CN(CCCl)C1CCCCC1. The summed E-state index contributed by atoms with van der Waals surface area (Å²) in [5.41, 5.74) is 0. The number of hydrogen-bond donors (Lipinski definition) is 0. The highest BCUT2D eigenvalue weighted by Gasteiger charge is 2.33. The first-order valence-electron chi connectivity index (χ1n) is 5.39. The van der Waals surface area contributed by atoms with Crippen LogP contribution in [0.3, 0.4) is 0 Å². The molecule has 0 N–H and O–H groups in total. The minimum atomic E-state index is -4.11. The third-order valence-corrected chi connectivity index (χ3v) is 3.01. The molecule has 0 aliphatic heterocycles. The van der Waals surface area contributed by atoms with Crippen LogP contribution in [0.25, 0.3) is 0 Å². The fourth-order valence-corrected chi connectivity index (χ4v) is 2.39. The molecular formula is C10H17ClF3N. The van der Waals surface area contributed by atoms with E-state index in [0.29, 0.717) is 6.54 Å². The molecule has 0 unspecified atom stereocenters. The van der Waals surface area contributed by atoms with E-state index in [-0.39, 0.29) is 11.9 Å².